The first-order valence-electron chi connectivity index (χ1n) is 13.6. The maximum atomic E-state index is 13.7. The van der Waals surface area contributed by atoms with Crippen molar-refractivity contribution >= 4 is 29.6 Å². The van der Waals surface area contributed by atoms with Gasteiger partial charge in [-0.25, -0.2) is 18.9 Å². The molecule has 232 valence electrons. The summed E-state index contributed by atoms with van der Waals surface area (Å²) >= 11 is 0. The van der Waals surface area contributed by atoms with Crippen LogP contribution in [0.15, 0.2) is 42.5 Å². The molecule has 0 aromatic heterocycles. The Bertz CT molecular complexity index is 1400. The molecule has 14 heteroatoms. The predicted octanol–water partition coefficient (Wildman–Crippen LogP) is 4.06. The molecule has 1 aliphatic carbocycles. The number of nitrogens with zero attached hydrogens (tertiary/aromatic N) is 2. The number of aryl methyl sites for hydroxylation is 1. The zero-order valence-corrected chi connectivity index (χ0v) is 23.7. The minimum atomic E-state index is -4.81. The number of hydrogen-bond acceptors (Lipinski definition) is 6. The first-order valence-corrected chi connectivity index (χ1v) is 13.6. The van der Waals surface area contributed by atoms with Gasteiger partial charge in [0.1, 0.15) is 18.4 Å². The van der Waals surface area contributed by atoms with Gasteiger partial charge in [0, 0.05) is 24.2 Å². The number of carbonyl (C=O) groups excluding carboxylic acids is 4. The molecule has 2 aromatic carbocycles. The van der Waals surface area contributed by atoms with Crippen LogP contribution in [0.4, 0.5) is 32.8 Å². The van der Waals surface area contributed by atoms with Crippen molar-refractivity contribution in [2.45, 2.75) is 64.0 Å². The minimum Gasteiger partial charge on any atom is -0.427 e. The molecule has 4 rings (SSSR count). The van der Waals surface area contributed by atoms with Crippen molar-refractivity contribution in [1.29, 1.82) is 0 Å². The minimum absolute atomic E-state index is 0.0137. The van der Waals surface area contributed by atoms with Crippen molar-refractivity contribution < 1.29 is 46.6 Å². The summed E-state index contributed by atoms with van der Waals surface area (Å²) in [6.07, 6.45) is -5.67. The maximum absolute atomic E-state index is 13.7. The summed E-state index contributed by atoms with van der Waals surface area (Å²) in [7, 11) is 0. The number of rotatable bonds is 9. The van der Waals surface area contributed by atoms with Crippen LogP contribution in [0.2, 0.25) is 0 Å². The van der Waals surface area contributed by atoms with Gasteiger partial charge >= 0.3 is 18.3 Å². The highest BCUT2D eigenvalue weighted by molar-refractivity contribution is 6.06. The molecule has 1 saturated heterocycles. The molecule has 3 atom stereocenters. The summed E-state index contributed by atoms with van der Waals surface area (Å²) in [5, 5.41) is 14.8. The van der Waals surface area contributed by atoms with Crippen molar-refractivity contribution in [3.63, 3.8) is 0 Å². The molecule has 0 bridgehead atoms. The largest absolute Gasteiger partial charge is 0.427 e. The van der Waals surface area contributed by atoms with Crippen molar-refractivity contribution in [2.24, 2.45) is 5.92 Å². The lowest BCUT2D eigenvalue weighted by molar-refractivity contribution is -0.187. The smallest absolute Gasteiger partial charge is 0.418 e. The molecule has 1 aliphatic heterocycles. The van der Waals surface area contributed by atoms with Gasteiger partial charge in [-0.15, -0.1) is 0 Å². The molecule has 3 N–H and O–H groups in total. The first-order chi connectivity index (χ1) is 20.2. The van der Waals surface area contributed by atoms with Gasteiger partial charge in [0.05, 0.1) is 12.6 Å². The van der Waals surface area contributed by atoms with Crippen LogP contribution in [-0.4, -0.2) is 70.3 Å². The van der Waals surface area contributed by atoms with Gasteiger partial charge in [-0.2, -0.15) is 13.2 Å². The molecule has 0 saturated carbocycles. The molecule has 1 spiro atoms. The highest BCUT2D eigenvalue weighted by Crippen LogP contribution is 2.46. The number of carbonyl (C=O) groups is 4. The topological polar surface area (TPSA) is 128 Å². The van der Waals surface area contributed by atoms with Crippen LogP contribution in [0.1, 0.15) is 43.9 Å². The number of aliphatic hydroxyl groups is 1. The molecular weight excluding hydrogens is 576 g/mol. The Morgan fingerprint density at radius 2 is 1.79 bits per heavy atom. The number of nitrogens with one attached hydrogen (secondary N) is 2. The van der Waals surface area contributed by atoms with E-state index < -0.39 is 66.7 Å². The van der Waals surface area contributed by atoms with E-state index in [1.54, 1.807) is 6.07 Å². The molecule has 1 unspecified atom stereocenters. The average molecular weight is 609 g/mol. The number of ether oxygens (including phenoxy) is 1. The Kier molecular flexibility index (Phi) is 9.00. The predicted molar refractivity (Wildman–Crippen MR) is 145 cm³/mol. The summed E-state index contributed by atoms with van der Waals surface area (Å²) in [6, 6.07) is 5.90. The Hall–Kier alpha value is -4.20. The second-order valence-electron chi connectivity index (χ2n) is 11.0. The number of aliphatic hydroxyl groups excluding tert-OH is 1. The second kappa shape index (κ2) is 12.2. The number of benzene rings is 2. The fourth-order valence-corrected chi connectivity index (χ4v) is 5.12. The van der Waals surface area contributed by atoms with Gasteiger partial charge < -0.3 is 25.4 Å². The summed E-state index contributed by atoms with van der Waals surface area (Å²) < 4.78 is 59.8. The molecule has 10 nitrogen and oxygen atoms in total. The van der Waals surface area contributed by atoms with Crippen LogP contribution in [0.5, 0.6) is 0 Å². The van der Waals surface area contributed by atoms with E-state index >= 15 is 0 Å². The number of urea groups is 1. The Morgan fingerprint density at radius 1 is 1.12 bits per heavy atom. The normalized spacial score (nSPS) is 19.3. The molecule has 1 heterocycles. The highest BCUT2D eigenvalue weighted by atomic mass is 19.4. The zero-order chi connectivity index (χ0) is 31.7. The van der Waals surface area contributed by atoms with E-state index in [-0.39, 0.29) is 30.9 Å². The van der Waals surface area contributed by atoms with Gasteiger partial charge in [-0.1, -0.05) is 32.0 Å². The lowest BCUT2D eigenvalue weighted by atomic mass is 9.94. The van der Waals surface area contributed by atoms with E-state index in [1.807, 2.05) is 13.8 Å². The number of anilines is 1. The van der Waals surface area contributed by atoms with Gasteiger partial charge in [0.25, 0.3) is 5.91 Å². The third-order valence-electron chi connectivity index (χ3n) is 7.76. The number of alkyl halides is 3. The number of imide groups is 1. The monoisotopic (exact) mass is 608 g/mol. The third-order valence-corrected chi connectivity index (χ3v) is 7.76. The molecule has 43 heavy (non-hydrogen) atoms. The van der Waals surface area contributed by atoms with Gasteiger partial charge in [-0.3, -0.25) is 9.59 Å². The number of hydrogen-bond donors (Lipinski definition) is 3. The van der Waals surface area contributed by atoms with Crippen LogP contribution in [0, 0.1) is 11.7 Å². The Labute approximate surface area is 245 Å². The van der Waals surface area contributed by atoms with Crippen molar-refractivity contribution in [2.75, 3.05) is 18.5 Å². The van der Waals surface area contributed by atoms with E-state index in [9.17, 15) is 41.8 Å². The van der Waals surface area contributed by atoms with Crippen molar-refractivity contribution in [1.82, 2.24) is 15.1 Å². The maximum Gasteiger partial charge on any atom is 0.418 e. The van der Waals surface area contributed by atoms with Gasteiger partial charge in [-0.05, 0) is 54.7 Å². The van der Waals surface area contributed by atoms with Crippen LogP contribution in [0.25, 0.3) is 0 Å². The molecular formula is C29H32F4N4O6. The fraction of sp³-hybridized carbons (Fsp3) is 0.448. The number of amides is 5. The van der Waals surface area contributed by atoms with Crippen LogP contribution in [0.3, 0.4) is 0 Å². The van der Waals surface area contributed by atoms with Crippen LogP contribution < -0.4 is 10.6 Å². The Balaban J connectivity index is 1.51. The molecule has 1 fully saturated rings. The average Bonchev–Trinajstić information content (AvgIpc) is 3.41. The van der Waals surface area contributed by atoms with Gasteiger partial charge in [0.15, 0.2) is 0 Å². The fourth-order valence-electron chi connectivity index (χ4n) is 5.12. The standard InChI is InChI=1S/C29H32F4N4O6/c1-16(2)23(15-38)35-26(41)34-21-8-9-22-19(12-21)10-11-28(22)25(40)37(27(42)43-28)14-24(39)36(17(3)29(31,32)33)13-18-4-6-20(30)7-5-18/h4-9,12,16-17,23,38H,10-11,13-15H2,1-3H3,(H2,34,35,41)/t17-,23-,28?/m0/s1. The van der Waals surface area contributed by atoms with E-state index in [0.29, 0.717) is 26.6 Å². The second-order valence-corrected chi connectivity index (χ2v) is 11.0. The van der Waals surface area contributed by atoms with Crippen molar-refractivity contribution in [3.05, 3.63) is 65.0 Å². The molecule has 2 aromatic rings. The van der Waals surface area contributed by atoms with E-state index in [4.69, 9.17) is 4.74 Å². The summed E-state index contributed by atoms with van der Waals surface area (Å²) in [5.74, 6) is -2.65. The van der Waals surface area contributed by atoms with E-state index in [2.05, 4.69) is 10.6 Å². The van der Waals surface area contributed by atoms with Crippen LogP contribution >= 0.6 is 0 Å². The first kappa shape index (κ1) is 31.7. The Morgan fingerprint density at radius 3 is 2.40 bits per heavy atom. The lowest BCUT2D eigenvalue weighted by Gasteiger charge is -2.31. The summed E-state index contributed by atoms with van der Waals surface area (Å²) in [5.41, 5.74) is -0.219. The van der Waals surface area contributed by atoms with Crippen molar-refractivity contribution in [3.8, 4) is 0 Å². The summed E-state index contributed by atoms with van der Waals surface area (Å²) in [6.45, 7) is 2.68. The summed E-state index contributed by atoms with van der Waals surface area (Å²) in [4.78, 5) is 52.9. The molecule has 5 amide bonds. The number of fused-ring (bicyclic) bond motifs is 2. The van der Waals surface area contributed by atoms with E-state index in [1.165, 1.54) is 24.3 Å². The SMILES string of the molecule is CC(C)[C@H](CO)NC(=O)Nc1ccc2c(c1)CCC21OC(=O)N(CC(=O)N(Cc2ccc(F)cc2)[C@@H](C)C(F)(F)F)C1=O. The lowest BCUT2D eigenvalue weighted by Crippen LogP contribution is -2.51. The number of halogens is 4. The zero-order valence-electron chi connectivity index (χ0n) is 23.7. The molecule has 2 aliphatic rings. The third kappa shape index (κ3) is 6.58. The van der Waals surface area contributed by atoms with Crippen LogP contribution in [-0.2, 0) is 32.9 Å². The highest BCUT2D eigenvalue weighted by Gasteiger charge is 2.58. The quantitative estimate of drug-likeness (QED) is 0.369. The van der Waals surface area contributed by atoms with E-state index in [0.717, 1.165) is 19.1 Å². The van der Waals surface area contributed by atoms with Gasteiger partial charge in [0.2, 0.25) is 11.5 Å². The molecule has 0 radical (unpaired) electrons.